The van der Waals surface area contributed by atoms with Gasteiger partial charge in [-0.25, -0.2) is 4.79 Å². The van der Waals surface area contributed by atoms with E-state index in [0.717, 1.165) is 11.1 Å². The molecular weight excluding hydrogens is 408 g/mol. The Morgan fingerprint density at radius 2 is 1.69 bits per heavy atom. The van der Waals surface area contributed by atoms with Gasteiger partial charge >= 0.3 is 12.1 Å². The summed E-state index contributed by atoms with van der Waals surface area (Å²) in [6.07, 6.45) is 0.631. The van der Waals surface area contributed by atoms with E-state index in [-0.39, 0.29) is 37.4 Å². The molecule has 7 nitrogen and oxygen atoms in total. The fourth-order valence-electron chi connectivity index (χ4n) is 5.02. The number of amides is 2. The molecule has 0 saturated carbocycles. The fraction of sp³-hybridized carbons (Fsp3) is 0.400. The number of fused-ring (bicyclic) bond motifs is 3. The molecule has 1 saturated heterocycles. The molecule has 2 unspecified atom stereocenters. The van der Waals surface area contributed by atoms with Gasteiger partial charge in [-0.1, -0.05) is 55.5 Å². The van der Waals surface area contributed by atoms with E-state index in [4.69, 9.17) is 4.74 Å². The Balaban J connectivity index is 1.28. The number of carboxylic acids is 1. The highest BCUT2D eigenvalue weighted by molar-refractivity contribution is 5.81. The third-order valence-electron chi connectivity index (χ3n) is 6.55. The minimum Gasteiger partial charge on any atom is -0.481 e. The predicted molar refractivity (Wildman–Crippen MR) is 119 cm³/mol. The van der Waals surface area contributed by atoms with Gasteiger partial charge in [-0.3, -0.25) is 9.59 Å². The number of alkyl carbamates (subject to hydrolysis) is 1. The second kappa shape index (κ2) is 9.42. The number of hydrogen-bond donors (Lipinski definition) is 2. The zero-order valence-electron chi connectivity index (χ0n) is 18.1. The van der Waals surface area contributed by atoms with E-state index in [2.05, 4.69) is 29.6 Å². The van der Waals surface area contributed by atoms with Gasteiger partial charge in [-0.05, 0) is 35.1 Å². The van der Waals surface area contributed by atoms with Crippen molar-refractivity contribution in [1.82, 2.24) is 10.2 Å². The van der Waals surface area contributed by atoms with Gasteiger partial charge in [-0.2, -0.15) is 0 Å². The number of benzene rings is 2. The van der Waals surface area contributed by atoms with Gasteiger partial charge in [0.05, 0.1) is 5.92 Å². The van der Waals surface area contributed by atoms with Crippen molar-refractivity contribution in [3.63, 3.8) is 0 Å². The van der Waals surface area contributed by atoms with Crippen molar-refractivity contribution >= 4 is 18.0 Å². The van der Waals surface area contributed by atoms with Crippen LogP contribution in [-0.2, 0) is 14.3 Å². The van der Waals surface area contributed by atoms with E-state index in [1.165, 1.54) is 11.1 Å². The average molecular weight is 437 g/mol. The van der Waals surface area contributed by atoms with Crippen molar-refractivity contribution in [3.05, 3.63) is 59.7 Å². The number of aliphatic carboxylic acids is 1. The van der Waals surface area contributed by atoms with Gasteiger partial charge in [0.15, 0.2) is 0 Å². The summed E-state index contributed by atoms with van der Waals surface area (Å²) in [4.78, 5) is 37.8. The molecule has 168 valence electrons. The second-order valence-corrected chi connectivity index (χ2v) is 8.30. The van der Waals surface area contributed by atoms with Crippen LogP contribution in [0.2, 0.25) is 0 Å². The maximum atomic E-state index is 12.5. The normalized spacial score (nSPS) is 19.3. The number of hydrogen-bond acceptors (Lipinski definition) is 4. The summed E-state index contributed by atoms with van der Waals surface area (Å²) in [5.41, 5.74) is 4.62. The largest absolute Gasteiger partial charge is 0.481 e. The third-order valence-corrected chi connectivity index (χ3v) is 6.55. The number of carboxylic acid groups (broad SMARTS) is 1. The highest BCUT2D eigenvalue weighted by Gasteiger charge is 2.39. The SMILES string of the molecule is CCC1C(C(=O)O)CCN1C(=O)CCNC(=O)OCC1c2ccccc2-c2ccccc21. The lowest BCUT2D eigenvalue weighted by atomic mass is 9.98. The first-order valence-corrected chi connectivity index (χ1v) is 11.1. The molecule has 2 atom stereocenters. The first kappa shape index (κ1) is 21.9. The molecule has 1 fully saturated rings. The van der Waals surface area contributed by atoms with E-state index in [9.17, 15) is 19.5 Å². The molecule has 1 aliphatic heterocycles. The van der Waals surface area contributed by atoms with Gasteiger partial charge < -0.3 is 20.1 Å². The van der Waals surface area contributed by atoms with Crippen molar-refractivity contribution in [1.29, 1.82) is 0 Å². The molecule has 2 aliphatic rings. The van der Waals surface area contributed by atoms with Gasteiger partial charge in [0.25, 0.3) is 0 Å². The predicted octanol–water partition coefficient (Wildman–Crippen LogP) is 3.63. The van der Waals surface area contributed by atoms with Gasteiger partial charge in [0.2, 0.25) is 5.91 Å². The molecule has 0 bridgehead atoms. The maximum absolute atomic E-state index is 12.5. The van der Waals surface area contributed by atoms with Gasteiger partial charge in [0, 0.05) is 31.5 Å². The molecule has 0 radical (unpaired) electrons. The summed E-state index contributed by atoms with van der Waals surface area (Å²) < 4.78 is 5.49. The van der Waals surface area contributed by atoms with Crippen LogP contribution >= 0.6 is 0 Å². The summed E-state index contributed by atoms with van der Waals surface area (Å²) in [5.74, 6) is -1.53. The van der Waals surface area contributed by atoms with Crippen LogP contribution < -0.4 is 5.32 Å². The molecule has 1 aliphatic carbocycles. The van der Waals surface area contributed by atoms with Crippen LogP contribution in [0.15, 0.2) is 48.5 Å². The van der Waals surface area contributed by atoms with Crippen molar-refractivity contribution in [2.75, 3.05) is 19.7 Å². The second-order valence-electron chi connectivity index (χ2n) is 8.30. The molecule has 1 heterocycles. The standard InChI is InChI=1S/C25H28N2O5/c1-2-22-20(24(29)30)12-14-27(22)23(28)11-13-26-25(31)32-15-21-18-9-5-3-7-16(18)17-8-4-6-10-19(17)21/h3-10,20-22H,2,11-15H2,1H3,(H,26,31)(H,29,30). The first-order valence-electron chi connectivity index (χ1n) is 11.1. The zero-order valence-corrected chi connectivity index (χ0v) is 18.1. The molecule has 2 N–H and O–H groups in total. The number of carbonyl (C=O) groups is 3. The molecule has 0 spiro atoms. The molecule has 7 heteroatoms. The van der Waals surface area contributed by atoms with Gasteiger partial charge in [-0.15, -0.1) is 0 Å². The summed E-state index contributed by atoms with van der Waals surface area (Å²) in [7, 11) is 0. The number of nitrogens with zero attached hydrogens (tertiary/aromatic N) is 1. The Morgan fingerprint density at radius 3 is 2.28 bits per heavy atom. The molecule has 0 aromatic heterocycles. The van der Waals surface area contributed by atoms with Crippen LogP contribution in [-0.4, -0.2) is 53.7 Å². The van der Waals surface area contributed by atoms with Crippen molar-refractivity contribution in [2.24, 2.45) is 5.92 Å². The smallest absolute Gasteiger partial charge is 0.407 e. The lowest BCUT2D eigenvalue weighted by molar-refractivity contribution is -0.143. The Labute approximate surface area is 187 Å². The van der Waals surface area contributed by atoms with E-state index in [1.807, 2.05) is 31.2 Å². The van der Waals surface area contributed by atoms with E-state index in [0.29, 0.717) is 19.4 Å². The first-order chi connectivity index (χ1) is 15.5. The Kier molecular flexibility index (Phi) is 6.44. The summed E-state index contributed by atoms with van der Waals surface area (Å²) in [6, 6.07) is 16.0. The molecule has 2 amide bonds. The Hall–Kier alpha value is -3.35. The highest BCUT2D eigenvalue weighted by atomic mass is 16.5. The summed E-state index contributed by atoms with van der Waals surface area (Å²) in [5, 5.41) is 12.0. The summed E-state index contributed by atoms with van der Waals surface area (Å²) >= 11 is 0. The van der Waals surface area contributed by atoms with E-state index < -0.39 is 18.0 Å². The van der Waals surface area contributed by atoms with Crippen LogP contribution in [0, 0.1) is 5.92 Å². The molecular formula is C25H28N2O5. The van der Waals surface area contributed by atoms with Crippen LogP contribution in [0.4, 0.5) is 4.79 Å². The minimum atomic E-state index is -0.857. The van der Waals surface area contributed by atoms with Crippen LogP contribution in [0.3, 0.4) is 0 Å². The van der Waals surface area contributed by atoms with Gasteiger partial charge in [0.1, 0.15) is 6.61 Å². The van der Waals surface area contributed by atoms with Crippen molar-refractivity contribution in [3.8, 4) is 11.1 Å². The molecule has 32 heavy (non-hydrogen) atoms. The van der Waals surface area contributed by atoms with Crippen LogP contribution in [0.5, 0.6) is 0 Å². The quantitative estimate of drug-likeness (QED) is 0.691. The fourth-order valence-corrected chi connectivity index (χ4v) is 5.02. The zero-order chi connectivity index (χ0) is 22.7. The number of likely N-dealkylation sites (tertiary alicyclic amines) is 1. The minimum absolute atomic E-state index is 0.0161. The topological polar surface area (TPSA) is 95.9 Å². The maximum Gasteiger partial charge on any atom is 0.407 e. The van der Waals surface area contributed by atoms with Crippen molar-refractivity contribution in [2.45, 2.75) is 38.1 Å². The molecule has 2 aromatic rings. The Morgan fingerprint density at radius 1 is 1.06 bits per heavy atom. The average Bonchev–Trinajstić information content (AvgIpc) is 3.37. The van der Waals surface area contributed by atoms with Crippen molar-refractivity contribution < 1.29 is 24.2 Å². The van der Waals surface area contributed by atoms with Crippen LogP contribution in [0.1, 0.15) is 43.2 Å². The Bertz CT molecular complexity index is 975. The van der Waals surface area contributed by atoms with E-state index >= 15 is 0 Å². The monoisotopic (exact) mass is 436 g/mol. The number of rotatable bonds is 7. The molecule has 4 rings (SSSR count). The highest BCUT2D eigenvalue weighted by Crippen LogP contribution is 2.44. The number of ether oxygens (including phenoxy) is 1. The lowest BCUT2D eigenvalue weighted by Crippen LogP contribution is -2.40. The summed E-state index contributed by atoms with van der Waals surface area (Å²) in [6.45, 7) is 2.71. The third kappa shape index (κ3) is 4.20. The van der Waals surface area contributed by atoms with Crippen LogP contribution in [0.25, 0.3) is 11.1 Å². The molecule has 2 aromatic carbocycles. The number of carbonyl (C=O) groups excluding carboxylic acids is 2. The lowest BCUT2D eigenvalue weighted by Gasteiger charge is -2.25. The van der Waals surface area contributed by atoms with E-state index in [1.54, 1.807) is 4.90 Å². The number of nitrogens with one attached hydrogen (secondary N) is 1.